The average molecular weight is 351 g/mol. The topological polar surface area (TPSA) is 40.1 Å². The van der Waals surface area contributed by atoms with E-state index in [0.717, 1.165) is 58.1 Å². The van der Waals surface area contributed by atoms with E-state index < -0.39 is 0 Å². The molecule has 1 aliphatic heterocycles. The predicted molar refractivity (Wildman–Crippen MR) is 108 cm³/mol. The zero-order valence-electron chi connectivity index (χ0n) is 16.7. The van der Waals surface area contributed by atoms with E-state index in [-0.39, 0.29) is 0 Å². The van der Waals surface area contributed by atoms with Gasteiger partial charge in [-0.1, -0.05) is 26.0 Å². The van der Waals surface area contributed by atoms with Crippen molar-refractivity contribution >= 4 is 5.96 Å². The van der Waals surface area contributed by atoms with Crippen LogP contribution in [-0.2, 0) is 4.74 Å². The van der Waals surface area contributed by atoms with Crippen LogP contribution < -0.4 is 5.32 Å². The number of nitrogens with one attached hydrogen (secondary N) is 1. The smallest absolute Gasteiger partial charge is 0.193 e. The fourth-order valence-electron chi connectivity index (χ4n) is 3.46. The Morgan fingerprint density at radius 1 is 1.28 bits per heavy atom. The van der Waals surface area contributed by atoms with Crippen LogP contribution in [0.3, 0.4) is 0 Å². The van der Waals surface area contributed by atoms with Crippen LogP contribution in [-0.4, -0.2) is 74.3 Å². The number of aliphatic imine (C=N–C) groups is 1. The molecule has 5 nitrogen and oxygen atoms in total. The van der Waals surface area contributed by atoms with E-state index in [1.165, 1.54) is 0 Å². The second-order valence-corrected chi connectivity index (χ2v) is 6.91. The predicted octanol–water partition coefficient (Wildman–Crippen LogP) is 2.76. The lowest BCUT2D eigenvalue weighted by Crippen LogP contribution is -2.52. The summed E-state index contributed by atoms with van der Waals surface area (Å²) >= 11 is 0. The average Bonchev–Trinajstić information content (AvgIpc) is 2.60. The molecule has 25 heavy (non-hydrogen) atoms. The monoisotopic (exact) mass is 350 g/mol. The third-order valence-corrected chi connectivity index (χ3v) is 4.79. The molecule has 0 saturated carbocycles. The van der Waals surface area contributed by atoms with Gasteiger partial charge < -0.3 is 15.0 Å². The van der Waals surface area contributed by atoms with Gasteiger partial charge in [0.1, 0.15) is 0 Å². The highest BCUT2D eigenvalue weighted by Crippen LogP contribution is 2.14. The standard InChI is InChI=1S/C20H38N4O/c1-7-12-23(13-8-2)19(17(4)5)16-22-20(21-6)24-14-10-18(11-15-24)25-9-3/h7-8,17-19H,1-2,9-16H2,3-6H3,(H,21,22). The summed E-state index contributed by atoms with van der Waals surface area (Å²) in [6, 6.07) is 0.411. The minimum absolute atomic E-state index is 0.401. The Kier molecular flexibility index (Phi) is 10.5. The van der Waals surface area contributed by atoms with Crippen molar-refractivity contribution in [3.8, 4) is 0 Å². The van der Waals surface area contributed by atoms with Crippen molar-refractivity contribution in [3.05, 3.63) is 25.3 Å². The van der Waals surface area contributed by atoms with Crippen molar-refractivity contribution in [1.82, 2.24) is 15.1 Å². The molecule has 144 valence electrons. The molecule has 1 atom stereocenters. The van der Waals surface area contributed by atoms with E-state index in [1.807, 2.05) is 19.2 Å². The highest BCUT2D eigenvalue weighted by atomic mass is 16.5. The fourth-order valence-corrected chi connectivity index (χ4v) is 3.46. The van der Waals surface area contributed by atoms with Gasteiger partial charge in [0.2, 0.25) is 0 Å². The number of rotatable bonds is 10. The zero-order chi connectivity index (χ0) is 18.7. The summed E-state index contributed by atoms with van der Waals surface area (Å²) in [5.74, 6) is 1.53. The summed E-state index contributed by atoms with van der Waals surface area (Å²) in [5.41, 5.74) is 0. The SMILES string of the molecule is C=CCN(CC=C)C(CNC(=NC)N1CCC(OCC)CC1)C(C)C. The first-order valence-electron chi connectivity index (χ1n) is 9.60. The Balaban J connectivity index is 2.61. The van der Waals surface area contributed by atoms with E-state index in [4.69, 9.17) is 4.74 Å². The van der Waals surface area contributed by atoms with Gasteiger partial charge >= 0.3 is 0 Å². The van der Waals surface area contributed by atoms with Gasteiger partial charge in [-0.25, -0.2) is 0 Å². The molecule has 0 bridgehead atoms. The van der Waals surface area contributed by atoms with Crippen molar-refractivity contribution in [2.24, 2.45) is 10.9 Å². The molecule has 0 aromatic heterocycles. The van der Waals surface area contributed by atoms with Crippen LogP contribution in [0.2, 0.25) is 0 Å². The van der Waals surface area contributed by atoms with Gasteiger partial charge in [-0.3, -0.25) is 9.89 Å². The number of piperidine rings is 1. The molecule has 1 N–H and O–H groups in total. The minimum atomic E-state index is 0.401. The Morgan fingerprint density at radius 2 is 1.88 bits per heavy atom. The first-order valence-corrected chi connectivity index (χ1v) is 9.60. The van der Waals surface area contributed by atoms with E-state index in [2.05, 4.69) is 54.0 Å². The maximum absolute atomic E-state index is 5.75. The van der Waals surface area contributed by atoms with Crippen LogP contribution >= 0.6 is 0 Å². The summed E-state index contributed by atoms with van der Waals surface area (Å²) in [7, 11) is 1.87. The Hall–Kier alpha value is -1.33. The van der Waals surface area contributed by atoms with Crippen molar-refractivity contribution in [3.63, 3.8) is 0 Å². The lowest BCUT2D eigenvalue weighted by atomic mass is 10.0. The molecular weight excluding hydrogens is 312 g/mol. The third-order valence-electron chi connectivity index (χ3n) is 4.79. The second kappa shape index (κ2) is 12.1. The number of nitrogens with zero attached hydrogens (tertiary/aromatic N) is 3. The Morgan fingerprint density at radius 3 is 2.32 bits per heavy atom. The van der Waals surface area contributed by atoms with Gasteiger partial charge in [0.05, 0.1) is 6.10 Å². The molecule has 0 aromatic rings. The summed E-state index contributed by atoms with van der Waals surface area (Å²) in [4.78, 5) is 9.25. The summed E-state index contributed by atoms with van der Waals surface area (Å²) in [6.45, 7) is 19.8. The number of hydrogen-bond acceptors (Lipinski definition) is 3. The number of hydrogen-bond donors (Lipinski definition) is 1. The Bertz CT molecular complexity index is 404. The van der Waals surface area contributed by atoms with Crippen molar-refractivity contribution in [2.45, 2.75) is 45.8 Å². The fraction of sp³-hybridized carbons (Fsp3) is 0.750. The molecule has 1 fully saturated rings. The Labute approximate surface area is 154 Å². The largest absolute Gasteiger partial charge is 0.378 e. The van der Waals surface area contributed by atoms with Crippen molar-refractivity contribution < 1.29 is 4.74 Å². The minimum Gasteiger partial charge on any atom is -0.378 e. The molecule has 0 aliphatic carbocycles. The normalized spacial score (nSPS) is 17.8. The summed E-state index contributed by atoms with van der Waals surface area (Å²) in [6.07, 6.45) is 6.47. The lowest BCUT2D eigenvalue weighted by molar-refractivity contribution is 0.0263. The molecule has 1 heterocycles. The summed E-state index contributed by atoms with van der Waals surface area (Å²) < 4.78 is 5.75. The van der Waals surface area contributed by atoms with Crippen LogP contribution in [0.25, 0.3) is 0 Å². The van der Waals surface area contributed by atoms with Crippen LogP contribution in [0, 0.1) is 5.92 Å². The van der Waals surface area contributed by atoms with Gasteiger partial charge in [0.25, 0.3) is 0 Å². The maximum Gasteiger partial charge on any atom is 0.193 e. The first kappa shape index (κ1) is 21.7. The molecule has 5 heteroatoms. The van der Waals surface area contributed by atoms with Gasteiger partial charge in [0.15, 0.2) is 5.96 Å². The van der Waals surface area contributed by atoms with Gasteiger partial charge in [-0.05, 0) is 25.7 Å². The van der Waals surface area contributed by atoms with Crippen LogP contribution in [0.5, 0.6) is 0 Å². The second-order valence-electron chi connectivity index (χ2n) is 6.91. The summed E-state index contributed by atoms with van der Waals surface area (Å²) in [5, 5.41) is 3.59. The van der Waals surface area contributed by atoms with Gasteiger partial charge in [-0.15, -0.1) is 13.2 Å². The van der Waals surface area contributed by atoms with Crippen molar-refractivity contribution in [1.29, 1.82) is 0 Å². The molecule has 0 radical (unpaired) electrons. The van der Waals surface area contributed by atoms with Gasteiger partial charge in [-0.2, -0.15) is 0 Å². The van der Waals surface area contributed by atoms with E-state index in [0.29, 0.717) is 18.1 Å². The van der Waals surface area contributed by atoms with Crippen molar-refractivity contribution in [2.75, 3.05) is 46.4 Å². The van der Waals surface area contributed by atoms with Crippen LogP contribution in [0.1, 0.15) is 33.6 Å². The number of ether oxygens (including phenoxy) is 1. The molecule has 0 aromatic carbocycles. The molecule has 1 saturated heterocycles. The van der Waals surface area contributed by atoms with Crippen LogP contribution in [0.15, 0.2) is 30.3 Å². The number of guanidine groups is 1. The quantitative estimate of drug-likeness (QED) is 0.374. The van der Waals surface area contributed by atoms with Gasteiger partial charge in [0, 0.05) is 52.4 Å². The third kappa shape index (κ3) is 7.20. The maximum atomic E-state index is 5.75. The molecule has 1 aliphatic rings. The molecule has 1 unspecified atom stereocenters. The van der Waals surface area contributed by atoms with E-state index in [1.54, 1.807) is 0 Å². The molecule has 0 spiro atoms. The van der Waals surface area contributed by atoms with E-state index >= 15 is 0 Å². The molecule has 1 rings (SSSR count). The highest BCUT2D eigenvalue weighted by Gasteiger charge is 2.24. The zero-order valence-corrected chi connectivity index (χ0v) is 16.7. The molecular formula is C20H38N4O. The van der Waals surface area contributed by atoms with E-state index in [9.17, 15) is 0 Å². The van der Waals surface area contributed by atoms with Crippen LogP contribution in [0.4, 0.5) is 0 Å². The lowest BCUT2D eigenvalue weighted by Gasteiger charge is -2.37. The molecule has 0 amide bonds. The number of likely N-dealkylation sites (tertiary alicyclic amines) is 1. The highest BCUT2D eigenvalue weighted by molar-refractivity contribution is 5.80. The first-order chi connectivity index (χ1) is 12.1.